The van der Waals surface area contributed by atoms with Crippen molar-refractivity contribution in [2.45, 2.75) is 6.92 Å². The van der Waals surface area contributed by atoms with Gasteiger partial charge in [0.2, 0.25) is 0 Å². The van der Waals surface area contributed by atoms with Gasteiger partial charge in [0.15, 0.2) is 0 Å². The second-order valence-electron chi connectivity index (χ2n) is 6.62. The Bertz CT molecular complexity index is 1230. The average molecular weight is 318 g/mol. The first-order valence-electron chi connectivity index (χ1n) is 8.73. The molecule has 0 heteroatoms. The van der Waals surface area contributed by atoms with Crippen LogP contribution >= 0.6 is 0 Å². The summed E-state index contributed by atoms with van der Waals surface area (Å²) in [6.07, 6.45) is 0. The lowest BCUT2D eigenvalue weighted by Crippen LogP contribution is -1.90. The van der Waals surface area contributed by atoms with Crippen LogP contribution in [-0.4, -0.2) is 0 Å². The molecule has 118 valence electrons. The summed E-state index contributed by atoms with van der Waals surface area (Å²) in [5, 5.41) is 8.00. The summed E-state index contributed by atoms with van der Waals surface area (Å²) in [7, 11) is 0. The number of benzene rings is 5. The summed E-state index contributed by atoms with van der Waals surface area (Å²) in [6.45, 7) is 2.26. The van der Waals surface area contributed by atoms with E-state index in [9.17, 15) is 0 Å². The molecule has 0 fully saturated rings. The van der Waals surface area contributed by atoms with Gasteiger partial charge in [-0.1, -0.05) is 91.0 Å². The van der Waals surface area contributed by atoms with Crippen LogP contribution in [0.1, 0.15) is 5.56 Å². The standard InChI is InChI=1S/C25H18/c1-17-20-12-7-8-14-22(20)25(19-10-3-2-4-11-19)23-16-15-18-9-5-6-13-21(18)24(17)23/h2-16H,1H3. The monoisotopic (exact) mass is 318 g/mol. The second-order valence-corrected chi connectivity index (χ2v) is 6.62. The van der Waals surface area contributed by atoms with Gasteiger partial charge < -0.3 is 0 Å². The van der Waals surface area contributed by atoms with Crippen LogP contribution < -0.4 is 0 Å². The minimum Gasteiger partial charge on any atom is -0.0622 e. The molecule has 0 saturated carbocycles. The van der Waals surface area contributed by atoms with Gasteiger partial charge in [-0.15, -0.1) is 0 Å². The first kappa shape index (κ1) is 14.2. The van der Waals surface area contributed by atoms with Gasteiger partial charge in [0.05, 0.1) is 0 Å². The fraction of sp³-hybridized carbons (Fsp3) is 0.0400. The van der Waals surface area contributed by atoms with Crippen molar-refractivity contribution in [1.82, 2.24) is 0 Å². The SMILES string of the molecule is Cc1c2ccccc2c(-c2ccccc2)c2ccc3ccccc3c12. The van der Waals surface area contributed by atoms with Crippen molar-refractivity contribution in [3.63, 3.8) is 0 Å². The predicted octanol–water partition coefficient (Wildman–Crippen LogP) is 7.12. The Morgan fingerprint density at radius 2 is 1.12 bits per heavy atom. The minimum absolute atomic E-state index is 1.28. The smallest absolute Gasteiger partial charge is 0.00264 e. The third-order valence-electron chi connectivity index (χ3n) is 5.24. The van der Waals surface area contributed by atoms with Crippen molar-refractivity contribution in [3.05, 3.63) is 96.6 Å². The molecule has 0 bridgehead atoms. The van der Waals surface area contributed by atoms with Crippen LogP contribution in [-0.2, 0) is 0 Å². The van der Waals surface area contributed by atoms with Crippen LogP contribution in [0.3, 0.4) is 0 Å². The molecule has 0 unspecified atom stereocenters. The maximum atomic E-state index is 2.29. The number of aryl methyl sites for hydroxylation is 1. The lowest BCUT2D eigenvalue weighted by molar-refractivity contribution is 1.59. The van der Waals surface area contributed by atoms with E-state index in [2.05, 4.69) is 97.9 Å². The van der Waals surface area contributed by atoms with Crippen molar-refractivity contribution in [3.8, 4) is 11.1 Å². The van der Waals surface area contributed by atoms with Gasteiger partial charge in [-0.25, -0.2) is 0 Å². The van der Waals surface area contributed by atoms with Crippen LogP contribution in [0.15, 0.2) is 91.0 Å². The normalized spacial score (nSPS) is 11.4. The summed E-state index contributed by atoms with van der Waals surface area (Å²) < 4.78 is 0. The summed E-state index contributed by atoms with van der Waals surface area (Å²) >= 11 is 0. The molecule has 0 aliphatic rings. The number of hydrogen-bond donors (Lipinski definition) is 0. The van der Waals surface area contributed by atoms with Crippen molar-refractivity contribution >= 4 is 32.3 Å². The summed E-state index contributed by atoms with van der Waals surface area (Å²) in [6, 6.07) is 32.8. The molecule has 0 heterocycles. The van der Waals surface area contributed by atoms with Gasteiger partial charge in [-0.3, -0.25) is 0 Å². The van der Waals surface area contributed by atoms with Crippen LogP contribution in [0.2, 0.25) is 0 Å². The van der Waals surface area contributed by atoms with Gasteiger partial charge in [0.25, 0.3) is 0 Å². The average Bonchev–Trinajstić information content (AvgIpc) is 2.68. The zero-order valence-corrected chi connectivity index (χ0v) is 14.2. The van der Waals surface area contributed by atoms with E-state index in [4.69, 9.17) is 0 Å². The molecule has 0 nitrogen and oxygen atoms in total. The summed E-state index contributed by atoms with van der Waals surface area (Å²) in [4.78, 5) is 0. The van der Waals surface area contributed by atoms with E-state index in [1.807, 2.05) is 0 Å². The van der Waals surface area contributed by atoms with Crippen LogP contribution in [0, 0.1) is 6.92 Å². The zero-order valence-electron chi connectivity index (χ0n) is 14.2. The Labute approximate surface area is 147 Å². The van der Waals surface area contributed by atoms with E-state index in [1.165, 1.54) is 49.0 Å². The Balaban J connectivity index is 2.10. The van der Waals surface area contributed by atoms with Crippen molar-refractivity contribution in [2.24, 2.45) is 0 Å². The molecule has 0 aliphatic carbocycles. The fourth-order valence-corrected chi connectivity index (χ4v) is 4.11. The van der Waals surface area contributed by atoms with E-state index >= 15 is 0 Å². The predicted molar refractivity (Wildman–Crippen MR) is 109 cm³/mol. The molecule has 5 aromatic rings. The molecule has 25 heavy (non-hydrogen) atoms. The third-order valence-corrected chi connectivity index (χ3v) is 5.24. The van der Waals surface area contributed by atoms with Crippen LogP contribution in [0.25, 0.3) is 43.4 Å². The molecule has 5 aromatic carbocycles. The fourth-order valence-electron chi connectivity index (χ4n) is 4.11. The number of hydrogen-bond acceptors (Lipinski definition) is 0. The minimum atomic E-state index is 1.28. The molecule has 0 N–H and O–H groups in total. The number of fused-ring (bicyclic) bond motifs is 4. The lowest BCUT2D eigenvalue weighted by Gasteiger charge is -2.17. The van der Waals surface area contributed by atoms with Gasteiger partial charge >= 0.3 is 0 Å². The maximum absolute atomic E-state index is 2.29. The highest BCUT2D eigenvalue weighted by molar-refractivity contribution is 6.22. The van der Waals surface area contributed by atoms with Crippen LogP contribution in [0.4, 0.5) is 0 Å². The molecule has 0 spiro atoms. The molecule has 0 amide bonds. The third kappa shape index (κ3) is 2.08. The van der Waals surface area contributed by atoms with E-state index in [-0.39, 0.29) is 0 Å². The highest BCUT2D eigenvalue weighted by Crippen LogP contribution is 2.41. The molecular weight excluding hydrogens is 300 g/mol. The van der Waals surface area contributed by atoms with Crippen molar-refractivity contribution < 1.29 is 0 Å². The van der Waals surface area contributed by atoms with Gasteiger partial charge in [-0.05, 0) is 55.9 Å². The van der Waals surface area contributed by atoms with Crippen LogP contribution in [0.5, 0.6) is 0 Å². The largest absolute Gasteiger partial charge is 0.0622 e. The number of rotatable bonds is 1. The van der Waals surface area contributed by atoms with Gasteiger partial charge in [0, 0.05) is 0 Å². The first-order chi connectivity index (χ1) is 12.3. The quantitative estimate of drug-likeness (QED) is 0.228. The Morgan fingerprint density at radius 3 is 1.92 bits per heavy atom. The summed E-state index contributed by atoms with van der Waals surface area (Å²) in [5.41, 5.74) is 3.98. The van der Waals surface area contributed by atoms with E-state index in [0.717, 1.165) is 0 Å². The zero-order chi connectivity index (χ0) is 16.8. The molecule has 0 saturated heterocycles. The molecular formula is C25H18. The summed E-state index contributed by atoms with van der Waals surface area (Å²) in [5.74, 6) is 0. The van der Waals surface area contributed by atoms with Crippen molar-refractivity contribution in [2.75, 3.05) is 0 Å². The van der Waals surface area contributed by atoms with E-state index in [1.54, 1.807) is 0 Å². The lowest BCUT2D eigenvalue weighted by atomic mass is 9.87. The highest BCUT2D eigenvalue weighted by atomic mass is 14.2. The molecule has 0 aromatic heterocycles. The Hall–Kier alpha value is -3.12. The highest BCUT2D eigenvalue weighted by Gasteiger charge is 2.14. The van der Waals surface area contributed by atoms with E-state index in [0.29, 0.717) is 0 Å². The molecule has 0 radical (unpaired) electrons. The second kappa shape index (κ2) is 5.46. The Kier molecular flexibility index (Phi) is 3.11. The Morgan fingerprint density at radius 1 is 0.480 bits per heavy atom. The molecule has 0 aliphatic heterocycles. The first-order valence-corrected chi connectivity index (χ1v) is 8.73. The topological polar surface area (TPSA) is 0 Å². The van der Waals surface area contributed by atoms with Crippen molar-refractivity contribution in [1.29, 1.82) is 0 Å². The van der Waals surface area contributed by atoms with E-state index < -0.39 is 0 Å². The molecule has 0 atom stereocenters. The van der Waals surface area contributed by atoms with Gasteiger partial charge in [0.1, 0.15) is 0 Å². The van der Waals surface area contributed by atoms with Gasteiger partial charge in [-0.2, -0.15) is 0 Å². The maximum Gasteiger partial charge on any atom is -0.00264 e. The molecule has 5 rings (SSSR count).